The number of carboxylic acid groups (broad SMARTS) is 1. The van der Waals surface area contributed by atoms with Gasteiger partial charge in [0.1, 0.15) is 0 Å². The number of rotatable bonds is 4. The monoisotopic (exact) mass is 308 g/mol. The number of carboxylic acids is 1. The van der Waals surface area contributed by atoms with Crippen molar-refractivity contribution in [2.24, 2.45) is 0 Å². The van der Waals surface area contributed by atoms with Gasteiger partial charge in [-0.05, 0) is 44.1 Å². The molecule has 6 heteroatoms. The van der Waals surface area contributed by atoms with Crippen LogP contribution in [0.3, 0.4) is 0 Å². The zero-order chi connectivity index (χ0) is 15.4. The Kier molecular flexibility index (Phi) is 5.12. The van der Waals surface area contributed by atoms with Crippen LogP contribution in [0.2, 0.25) is 0 Å². The van der Waals surface area contributed by atoms with Crippen molar-refractivity contribution in [2.45, 2.75) is 37.5 Å². The molecule has 2 rings (SSSR count). The number of aromatic carboxylic acids is 1. The smallest absolute Gasteiger partial charge is 0.337 e. The highest BCUT2D eigenvalue weighted by molar-refractivity contribution is 7.99. The van der Waals surface area contributed by atoms with Gasteiger partial charge in [-0.2, -0.15) is 11.8 Å². The van der Waals surface area contributed by atoms with Gasteiger partial charge >= 0.3 is 12.0 Å². The molecule has 2 amide bonds. The molecule has 21 heavy (non-hydrogen) atoms. The van der Waals surface area contributed by atoms with Crippen molar-refractivity contribution < 1.29 is 14.7 Å². The van der Waals surface area contributed by atoms with Crippen LogP contribution in [0.25, 0.3) is 0 Å². The van der Waals surface area contributed by atoms with Crippen molar-refractivity contribution in [3.63, 3.8) is 0 Å². The van der Waals surface area contributed by atoms with Crippen molar-refractivity contribution in [2.75, 3.05) is 11.6 Å². The van der Waals surface area contributed by atoms with Crippen molar-refractivity contribution in [3.05, 3.63) is 29.3 Å². The molecule has 1 fully saturated rings. The highest BCUT2D eigenvalue weighted by Gasteiger charge is 2.25. The molecule has 5 nitrogen and oxygen atoms in total. The lowest BCUT2D eigenvalue weighted by atomic mass is 10.1. The van der Waals surface area contributed by atoms with Crippen LogP contribution in [0.5, 0.6) is 0 Å². The maximum absolute atomic E-state index is 12.1. The third kappa shape index (κ3) is 3.91. The number of carbonyl (C=O) groups is 2. The molecule has 2 atom stereocenters. The highest BCUT2D eigenvalue weighted by atomic mass is 32.2. The Labute approximate surface area is 128 Å². The minimum absolute atomic E-state index is 0.110. The maximum atomic E-state index is 12.1. The molecular formula is C15H20N2O3S. The lowest BCUT2D eigenvalue weighted by molar-refractivity contribution is 0.0698. The van der Waals surface area contributed by atoms with Gasteiger partial charge in [0.15, 0.2) is 0 Å². The fourth-order valence-corrected chi connectivity index (χ4v) is 3.43. The van der Waals surface area contributed by atoms with E-state index in [9.17, 15) is 14.7 Å². The predicted molar refractivity (Wildman–Crippen MR) is 85.2 cm³/mol. The highest BCUT2D eigenvalue weighted by Crippen LogP contribution is 2.28. The SMILES string of the molecule is CSC1CCC(NC(=O)Nc2c(C)cccc2C(=O)O)C1. The van der Waals surface area contributed by atoms with Gasteiger partial charge < -0.3 is 15.7 Å². The summed E-state index contributed by atoms with van der Waals surface area (Å²) in [6, 6.07) is 4.77. The first-order chi connectivity index (χ1) is 10.0. The van der Waals surface area contributed by atoms with Gasteiger partial charge in [-0.3, -0.25) is 0 Å². The summed E-state index contributed by atoms with van der Waals surface area (Å²) >= 11 is 1.83. The van der Waals surface area contributed by atoms with Crippen molar-refractivity contribution in [3.8, 4) is 0 Å². The van der Waals surface area contributed by atoms with E-state index in [0.29, 0.717) is 10.9 Å². The quantitative estimate of drug-likeness (QED) is 0.798. The Hall–Kier alpha value is -1.69. The molecular weight excluding hydrogens is 288 g/mol. The molecule has 1 aromatic carbocycles. The first-order valence-corrected chi connectivity index (χ1v) is 8.23. The van der Waals surface area contributed by atoms with E-state index in [1.54, 1.807) is 19.1 Å². The van der Waals surface area contributed by atoms with Crippen LogP contribution in [-0.2, 0) is 0 Å². The molecule has 0 radical (unpaired) electrons. The number of aryl methyl sites for hydroxylation is 1. The molecule has 1 aliphatic rings. The van der Waals surface area contributed by atoms with Gasteiger partial charge in [-0.15, -0.1) is 0 Å². The van der Waals surface area contributed by atoms with E-state index in [1.807, 2.05) is 11.8 Å². The summed E-state index contributed by atoms with van der Waals surface area (Å²) in [5.74, 6) is -1.04. The Morgan fingerprint density at radius 3 is 2.71 bits per heavy atom. The molecule has 2 unspecified atom stereocenters. The first kappa shape index (κ1) is 15.7. The number of nitrogens with one attached hydrogen (secondary N) is 2. The number of amides is 2. The van der Waals surface area contributed by atoms with Crippen LogP contribution >= 0.6 is 11.8 Å². The molecule has 1 saturated carbocycles. The van der Waals surface area contributed by atoms with E-state index in [4.69, 9.17) is 0 Å². The van der Waals surface area contributed by atoms with Crippen LogP contribution in [0.15, 0.2) is 18.2 Å². The topological polar surface area (TPSA) is 78.4 Å². The summed E-state index contributed by atoms with van der Waals surface area (Å²) in [5.41, 5.74) is 1.21. The largest absolute Gasteiger partial charge is 0.478 e. The molecule has 0 aromatic heterocycles. The average Bonchev–Trinajstić information content (AvgIpc) is 2.88. The van der Waals surface area contributed by atoms with E-state index in [0.717, 1.165) is 24.8 Å². The summed E-state index contributed by atoms with van der Waals surface area (Å²) in [5, 5.41) is 15.4. The normalized spacial score (nSPS) is 21.0. The van der Waals surface area contributed by atoms with Gasteiger partial charge in [-0.25, -0.2) is 9.59 Å². The number of hydrogen-bond acceptors (Lipinski definition) is 3. The zero-order valence-corrected chi connectivity index (χ0v) is 13.0. The number of para-hydroxylation sites is 1. The second kappa shape index (κ2) is 6.85. The van der Waals surface area contributed by atoms with Gasteiger partial charge in [0.05, 0.1) is 11.3 Å². The van der Waals surface area contributed by atoms with E-state index < -0.39 is 5.97 Å². The minimum Gasteiger partial charge on any atom is -0.478 e. The van der Waals surface area contributed by atoms with Gasteiger partial charge in [0, 0.05) is 11.3 Å². The Balaban J connectivity index is 2.02. The standard InChI is InChI=1S/C15H20N2O3S/c1-9-4-3-5-12(14(18)19)13(9)17-15(20)16-10-6-7-11(8-10)21-2/h3-5,10-11H,6-8H2,1-2H3,(H,18,19)(H2,16,17,20). The van der Waals surface area contributed by atoms with Gasteiger partial charge in [0.2, 0.25) is 0 Å². The summed E-state index contributed by atoms with van der Waals surface area (Å²) in [4.78, 5) is 23.3. The summed E-state index contributed by atoms with van der Waals surface area (Å²) < 4.78 is 0. The molecule has 1 aromatic rings. The van der Waals surface area contributed by atoms with Gasteiger partial charge in [-0.1, -0.05) is 12.1 Å². The summed E-state index contributed by atoms with van der Waals surface area (Å²) in [6.07, 6.45) is 5.13. The Morgan fingerprint density at radius 1 is 1.33 bits per heavy atom. The number of benzene rings is 1. The maximum Gasteiger partial charge on any atom is 0.337 e. The lowest BCUT2D eigenvalue weighted by Gasteiger charge is -2.16. The number of urea groups is 1. The molecule has 0 bridgehead atoms. The van der Waals surface area contributed by atoms with E-state index in [1.165, 1.54) is 6.07 Å². The summed E-state index contributed by atoms with van der Waals surface area (Å²) in [6.45, 7) is 1.78. The number of hydrogen-bond donors (Lipinski definition) is 3. The second-order valence-electron chi connectivity index (χ2n) is 5.27. The number of anilines is 1. The first-order valence-electron chi connectivity index (χ1n) is 6.94. The van der Waals surface area contributed by atoms with E-state index in [-0.39, 0.29) is 17.6 Å². The fraction of sp³-hybridized carbons (Fsp3) is 0.467. The third-order valence-corrected chi connectivity index (χ3v) is 4.89. The van der Waals surface area contributed by atoms with Crippen LogP contribution in [0.1, 0.15) is 35.2 Å². The molecule has 114 valence electrons. The minimum atomic E-state index is -1.04. The van der Waals surface area contributed by atoms with Crippen LogP contribution < -0.4 is 10.6 Å². The molecule has 0 saturated heterocycles. The van der Waals surface area contributed by atoms with Crippen LogP contribution in [0, 0.1) is 6.92 Å². The van der Waals surface area contributed by atoms with Gasteiger partial charge in [0.25, 0.3) is 0 Å². The molecule has 3 N–H and O–H groups in total. The predicted octanol–water partition coefficient (Wildman–Crippen LogP) is 3.10. The number of thioether (sulfide) groups is 1. The Morgan fingerprint density at radius 2 is 2.10 bits per heavy atom. The molecule has 1 aliphatic carbocycles. The van der Waals surface area contributed by atoms with Crippen LogP contribution in [-0.4, -0.2) is 34.7 Å². The van der Waals surface area contributed by atoms with E-state index >= 15 is 0 Å². The van der Waals surface area contributed by atoms with Crippen molar-refractivity contribution in [1.82, 2.24) is 5.32 Å². The lowest BCUT2D eigenvalue weighted by Crippen LogP contribution is -2.37. The fourth-order valence-electron chi connectivity index (χ4n) is 2.63. The van der Waals surface area contributed by atoms with Crippen molar-refractivity contribution in [1.29, 1.82) is 0 Å². The average molecular weight is 308 g/mol. The zero-order valence-electron chi connectivity index (χ0n) is 12.2. The van der Waals surface area contributed by atoms with Crippen LogP contribution in [0.4, 0.5) is 10.5 Å². The molecule has 0 spiro atoms. The molecule has 0 heterocycles. The second-order valence-corrected chi connectivity index (χ2v) is 6.41. The Bertz CT molecular complexity index is 548. The van der Waals surface area contributed by atoms with E-state index in [2.05, 4.69) is 16.9 Å². The third-order valence-electron chi connectivity index (χ3n) is 3.79. The molecule has 0 aliphatic heterocycles. The van der Waals surface area contributed by atoms with Crippen molar-refractivity contribution >= 4 is 29.4 Å². The summed E-state index contributed by atoms with van der Waals surface area (Å²) in [7, 11) is 0. The number of carbonyl (C=O) groups excluding carboxylic acids is 1.